The Morgan fingerprint density at radius 3 is 2.96 bits per heavy atom. The Labute approximate surface area is 156 Å². The number of anilines is 1. The van der Waals surface area contributed by atoms with E-state index in [0.717, 1.165) is 29.9 Å². The van der Waals surface area contributed by atoms with Crippen LogP contribution in [0.1, 0.15) is 46.7 Å². The molecular formula is C20H20N4OS. The molecule has 2 aromatic heterocycles. The summed E-state index contributed by atoms with van der Waals surface area (Å²) in [4.78, 5) is 19.5. The van der Waals surface area contributed by atoms with Gasteiger partial charge in [-0.25, -0.2) is 4.98 Å². The molecule has 0 saturated heterocycles. The van der Waals surface area contributed by atoms with Crippen LogP contribution < -0.4 is 4.90 Å². The van der Waals surface area contributed by atoms with Gasteiger partial charge in [0, 0.05) is 41.8 Å². The summed E-state index contributed by atoms with van der Waals surface area (Å²) >= 11 is 1.77. The molecule has 0 unspecified atom stereocenters. The van der Waals surface area contributed by atoms with Crippen molar-refractivity contribution in [1.29, 1.82) is 0 Å². The zero-order valence-electron chi connectivity index (χ0n) is 14.7. The fourth-order valence-electron chi connectivity index (χ4n) is 3.50. The highest BCUT2D eigenvalue weighted by atomic mass is 32.1. The molecule has 0 radical (unpaired) electrons. The Kier molecular flexibility index (Phi) is 3.67. The molecule has 1 fully saturated rings. The summed E-state index contributed by atoms with van der Waals surface area (Å²) in [6.45, 7) is 3.49. The zero-order chi connectivity index (χ0) is 17.7. The van der Waals surface area contributed by atoms with Gasteiger partial charge in [-0.05, 0) is 49.9 Å². The molecule has 1 aromatic carbocycles. The van der Waals surface area contributed by atoms with Crippen LogP contribution in [0.2, 0.25) is 0 Å². The van der Waals surface area contributed by atoms with Crippen LogP contribution in [0.4, 0.5) is 5.69 Å². The molecular weight excluding hydrogens is 344 g/mol. The predicted molar refractivity (Wildman–Crippen MR) is 103 cm³/mol. The summed E-state index contributed by atoms with van der Waals surface area (Å²) in [6, 6.07) is 8.13. The van der Waals surface area contributed by atoms with E-state index in [9.17, 15) is 4.79 Å². The number of hydrogen-bond acceptors (Lipinski definition) is 4. The van der Waals surface area contributed by atoms with Crippen molar-refractivity contribution in [2.24, 2.45) is 0 Å². The third-order valence-corrected chi connectivity index (χ3v) is 6.16. The van der Waals surface area contributed by atoms with Crippen LogP contribution in [0.15, 0.2) is 35.8 Å². The van der Waals surface area contributed by atoms with Gasteiger partial charge in [0.1, 0.15) is 0 Å². The van der Waals surface area contributed by atoms with E-state index in [4.69, 9.17) is 4.98 Å². The van der Waals surface area contributed by atoms with Crippen molar-refractivity contribution in [2.45, 2.75) is 38.6 Å². The van der Waals surface area contributed by atoms with Gasteiger partial charge in [-0.1, -0.05) is 6.07 Å². The average Bonchev–Trinajstić information content (AvgIpc) is 3.11. The molecule has 0 bridgehead atoms. The summed E-state index contributed by atoms with van der Waals surface area (Å²) in [5.41, 5.74) is 4.94. The number of benzene rings is 1. The minimum Gasteiger partial charge on any atom is -0.306 e. The Balaban J connectivity index is 1.41. The first-order valence-electron chi connectivity index (χ1n) is 9.17. The van der Waals surface area contributed by atoms with Crippen molar-refractivity contribution in [1.82, 2.24) is 14.8 Å². The lowest BCUT2D eigenvalue weighted by molar-refractivity contribution is 0.0984. The number of nitrogens with zero attached hydrogens (tertiary/aromatic N) is 4. The third kappa shape index (κ3) is 2.65. The Bertz CT molecular complexity index is 985. The van der Waals surface area contributed by atoms with E-state index >= 15 is 0 Å². The first kappa shape index (κ1) is 15.8. The lowest BCUT2D eigenvalue weighted by Crippen LogP contribution is -2.29. The molecule has 1 aliphatic heterocycles. The van der Waals surface area contributed by atoms with Crippen molar-refractivity contribution in [3.8, 4) is 11.3 Å². The number of aryl methyl sites for hydroxylation is 1. The SMILES string of the molecule is CCn1ccc(C(=O)N2CCc3cc(-c4csc(C5CC5)n4)ccc32)n1. The number of aromatic nitrogens is 3. The van der Waals surface area contributed by atoms with Gasteiger partial charge in [0.2, 0.25) is 0 Å². The molecule has 5 nitrogen and oxygen atoms in total. The lowest BCUT2D eigenvalue weighted by Gasteiger charge is -2.16. The van der Waals surface area contributed by atoms with E-state index in [1.807, 2.05) is 18.0 Å². The maximum atomic E-state index is 12.8. The number of fused-ring (bicyclic) bond motifs is 1. The summed E-state index contributed by atoms with van der Waals surface area (Å²) < 4.78 is 1.78. The monoisotopic (exact) mass is 364 g/mol. The Hall–Kier alpha value is -2.47. The molecule has 3 heterocycles. The van der Waals surface area contributed by atoms with E-state index in [1.54, 1.807) is 22.1 Å². The predicted octanol–water partition coefficient (Wildman–Crippen LogP) is 4.11. The highest BCUT2D eigenvalue weighted by molar-refractivity contribution is 7.10. The summed E-state index contributed by atoms with van der Waals surface area (Å²) in [5.74, 6) is 0.674. The van der Waals surface area contributed by atoms with Crippen LogP contribution in [0, 0.1) is 0 Å². The molecule has 0 N–H and O–H groups in total. The fourth-order valence-corrected chi connectivity index (χ4v) is 4.50. The summed E-state index contributed by atoms with van der Waals surface area (Å²) in [6.07, 6.45) is 5.29. The van der Waals surface area contributed by atoms with Gasteiger partial charge in [-0.3, -0.25) is 9.48 Å². The average molecular weight is 364 g/mol. The maximum Gasteiger partial charge on any atom is 0.278 e. The Morgan fingerprint density at radius 2 is 2.19 bits per heavy atom. The molecule has 5 rings (SSSR count). The molecule has 3 aromatic rings. The molecule has 0 atom stereocenters. The molecule has 1 aliphatic carbocycles. The minimum absolute atomic E-state index is 0.0200. The van der Waals surface area contributed by atoms with Crippen molar-refractivity contribution in [3.63, 3.8) is 0 Å². The first-order chi connectivity index (χ1) is 12.7. The topological polar surface area (TPSA) is 51.0 Å². The smallest absolute Gasteiger partial charge is 0.278 e. The van der Waals surface area contributed by atoms with Gasteiger partial charge in [0.15, 0.2) is 5.69 Å². The number of carbonyl (C=O) groups is 1. The minimum atomic E-state index is -0.0200. The third-order valence-electron chi connectivity index (χ3n) is 5.15. The normalized spacial score (nSPS) is 16.1. The molecule has 0 spiro atoms. The molecule has 2 aliphatic rings. The van der Waals surface area contributed by atoms with Crippen molar-refractivity contribution < 1.29 is 4.79 Å². The van der Waals surface area contributed by atoms with Gasteiger partial charge >= 0.3 is 0 Å². The van der Waals surface area contributed by atoms with Crippen LogP contribution in [-0.4, -0.2) is 27.2 Å². The second-order valence-corrected chi connectivity index (χ2v) is 7.84. The van der Waals surface area contributed by atoms with Crippen LogP contribution in [-0.2, 0) is 13.0 Å². The van der Waals surface area contributed by atoms with E-state index in [1.165, 1.54) is 23.4 Å². The molecule has 26 heavy (non-hydrogen) atoms. The first-order valence-corrected chi connectivity index (χ1v) is 10.0. The van der Waals surface area contributed by atoms with Crippen molar-refractivity contribution >= 4 is 22.9 Å². The summed E-state index contributed by atoms with van der Waals surface area (Å²) in [7, 11) is 0. The van der Waals surface area contributed by atoms with E-state index in [-0.39, 0.29) is 5.91 Å². The number of amides is 1. The van der Waals surface area contributed by atoms with Gasteiger partial charge in [0.05, 0.1) is 10.7 Å². The highest BCUT2D eigenvalue weighted by Crippen LogP contribution is 2.43. The summed E-state index contributed by atoms with van der Waals surface area (Å²) in [5, 5.41) is 7.78. The number of rotatable bonds is 4. The standard InChI is InChI=1S/C20H20N4OS/c1-2-23-9-8-16(22-23)20(25)24-10-7-15-11-14(5-6-18(15)24)17-12-26-19(21-17)13-3-4-13/h5-6,8-9,11-13H,2-4,7,10H2,1H3. The Morgan fingerprint density at radius 1 is 1.31 bits per heavy atom. The molecule has 1 saturated carbocycles. The van der Waals surface area contributed by atoms with Gasteiger partial charge in [-0.15, -0.1) is 11.3 Å². The van der Waals surface area contributed by atoms with Gasteiger partial charge < -0.3 is 4.90 Å². The second-order valence-electron chi connectivity index (χ2n) is 6.95. The van der Waals surface area contributed by atoms with Crippen molar-refractivity contribution in [3.05, 3.63) is 52.1 Å². The number of carbonyl (C=O) groups excluding carboxylic acids is 1. The van der Waals surface area contributed by atoms with Crippen LogP contribution in [0.25, 0.3) is 11.3 Å². The number of thiazole rings is 1. The largest absolute Gasteiger partial charge is 0.306 e. The van der Waals surface area contributed by atoms with Crippen molar-refractivity contribution in [2.75, 3.05) is 11.4 Å². The highest BCUT2D eigenvalue weighted by Gasteiger charge is 2.29. The van der Waals surface area contributed by atoms with E-state index in [0.29, 0.717) is 18.2 Å². The molecule has 1 amide bonds. The zero-order valence-corrected chi connectivity index (χ0v) is 15.5. The molecule has 6 heteroatoms. The fraction of sp³-hybridized carbons (Fsp3) is 0.350. The van der Waals surface area contributed by atoms with Crippen LogP contribution in [0.3, 0.4) is 0 Å². The second kappa shape index (κ2) is 6.06. The van der Waals surface area contributed by atoms with Gasteiger partial charge in [0.25, 0.3) is 5.91 Å². The number of hydrogen-bond donors (Lipinski definition) is 0. The lowest BCUT2D eigenvalue weighted by atomic mass is 10.1. The van der Waals surface area contributed by atoms with E-state index in [2.05, 4.69) is 28.7 Å². The van der Waals surface area contributed by atoms with E-state index < -0.39 is 0 Å². The van der Waals surface area contributed by atoms with Crippen LogP contribution in [0.5, 0.6) is 0 Å². The molecule has 132 valence electrons. The maximum absolute atomic E-state index is 12.8. The van der Waals surface area contributed by atoms with Gasteiger partial charge in [-0.2, -0.15) is 5.10 Å². The quantitative estimate of drug-likeness (QED) is 0.700. The van der Waals surface area contributed by atoms with Crippen LogP contribution >= 0.6 is 11.3 Å².